The second kappa shape index (κ2) is 5.80. The van der Waals surface area contributed by atoms with Crippen molar-refractivity contribution in [1.29, 1.82) is 0 Å². The van der Waals surface area contributed by atoms with Crippen LogP contribution in [0.3, 0.4) is 0 Å². The van der Waals surface area contributed by atoms with Crippen molar-refractivity contribution in [3.05, 3.63) is 15.7 Å². The molecule has 107 valence electrons. The molecule has 20 heavy (non-hydrogen) atoms. The maximum absolute atomic E-state index is 5.40. The van der Waals surface area contributed by atoms with Crippen LogP contribution in [0.25, 0.3) is 0 Å². The highest BCUT2D eigenvalue weighted by molar-refractivity contribution is 14.1. The lowest BCUT2D eigenvalue weighted by Crippen LogP contribution is -2.39. The van der Waals surface area contributed by atoms with Gasteiger partial charge in [-0.1, -0.05) is 6.92 Å². The van der Waals surface area contributed by atoms with Gasteiger partial charge in [0.2, 0.25) is 0 Å². The maximum atomic E-state index is 5.40. The van der Waals surface area contributed by atoms with Crippen molar-refractivity contribution >= 4 is 44.5 Å². The summed E-state index contributed by atoms with van der Waals surface area (Å²) in [7, 11) is 3.78. The Labute approximate surface area is 137 Å². The SMILES string of the molecule is CC1([Si])CC(Nc2cc(I)cc(N3CCOCC3)n2)C1. The second-order valence-electron chi connectivity index (χ2n) is 5.94. The molecule has 2 heterocycles. The highest BCUT2D eigenvalue weighted by atomic mass is 127. The molecule has 1 saturated heterocycles. The van der Waals surface area contributed by atoms with Crippen molar-refractivity contribution in [3.63, 3.8) is 0 Å². The summed E-state index contributed by atoms with van der Waals surface area (Å²) < 4.78 is 6.63. The average molecular weight is 400 g/mol. The van der Waals surface area contributed by atoms with Crippen LogP contribution in [0.4, 0.5) is 11.6 Å². The number of halogens is 1. The van der Waals surface area contributed by atoms with Gasteiger partial charge in [-0.05, 0) is 52.6 Å². The number of hydrogen-bond donors (Lipinski definition) is 1. The molecule has 0 aromatic carbocycles. The van der Waals surface area contributed by atoms with Gasteiger partial charge in [0.05, 0.1) is 13.2 Å². The molecule has 2 fully saturated rings. The quantitative estimate of drug-likeness (QED) is 0.625. The predicted molar refractivity (Wildman–Crippen MR) is 90.8 cm³/mol. The van der Waals surface area contributed by atoms with Gasteiger partial charge in [-0.2, -0.15) is 0 Å². The van der Waals surface area contributed by atoms with Crippen LogP contribution in [-0.4, -0.2) is 47.6 Å². The number of anilines is 2. The summed E-state index contributed by atoms with van der Waals surface area (Å²) in [4.78, 5) is 7.06. The second-order valence-corrected chi connectivity index (χ2v) is 8.39. The molecule has 1 N–H and O–H groups in total. The zero-order valence-corrected chi connectivity index (χ0v) is 14.8. The molecule has 0 bridgehead atoms. The Hall–Kier alpha value is -0.343. The Morgan fingerprint density at radius 3 is 2.75 bits per heavy atom. The Kier molecular flexibility index (Phi) is 4.23. The third-order valence-electron chi connectivity index (χ3n) is 3.86. The fourth-order valence-corrected chi connectivity index (χ4v) is 3.92. The summed E-state index contributed by atoms with van der Waals surface area (Å²) in [6.07, 6.45) is 2.29. The van der Waals surface area contributed by atoms with E-state index in [0.717, 1.165) is 50.8 Å². The van der Waals surface area contributed by atoms with Crippen molar-refractivity contribution in [2.24, 2.45) is 0 Å². The Bertz CT molecular complexity index is 483. The fourth-order valence-electron chi connectivity index (χ4n) is 2.85. The van der Waals surface area contributed by atoms with E-state index in [4.69, 9.17) is 9.72 Å². The Morgan fingerprint density at radius 1 is 1.40 bits per heavy atom. The molecule has 2 aliphatic rings. The number of ether oxygens (including phenoxy) is 1. The van der Waals surface area contributed by atoms with Crippen LogP contribution >= 0.6 is 22.6 Å². The molecule has 0 spiro atoms. The number of morpholine rings is 1. The van der Waals surface area contributed by atoms with Crippen LogP contribution in [0.2, 0.25) is 5.04 Å². The van der Waals surface area contributed by atoms with Crippen molar-refractivity contribution in [1.82, 2.24) is 4.98 Å². The van der Waals surface area contributed by atoms with Gasteiger partial charge in [0.25, 0.3) is 0 Å². The summed E-state index contributed by atoms with van der Waals surface area (Å²) in [6, 6.07) is 4.79. The number of nitrogens with zero attached hydrogens (tertiary/aromatic N) is 2. The summed E-state index contributed by atoms with van der Waals surface area (Å²) >= 11 is 2.36. The van der Waals surface area contributed by atoms with E-state index in [2.05, 4.69) is 62.1 Å². The first-order valence-corrected chi connectivity index (χ1v) is 8.62. The van der Waals surface area contributed by atoms with E-state index < -0.39 is 0 Å². The topological polar surface area (TPSA) is 37.4 Å². The van der Waals surface area contributed by atoms with Gasteiger partial charge >= 0.3 is 0 Å². The van der Waals surface area contributed by atoms with Crippen LogP contribution < -0.4 is 10.2 Å². The highest BCUT2D eigenvalue weighted by Crippen LogP contribution is 2.45. The lowest BCUT2D eigenvalue weighted by molar-refractivity contribution is 0.122. The molecule has 1 aromatic rings. The van der Waals surface area contributed by atoms with Crippen molar-refractivity contribution in [3.8, 4) is 0 Å². The average Bonchev–Trinajstić information content (AvgIpc) is 2.37. The number of rotatable bonds is 3. The number of hydrogen-bond acceptors (Lipinski definition) is 4. The van der Waals surface area contributed by atoms with Gasteiger partial charge in [0, 0.05) is 32.9 Å². The molecule has 1 aromatic heterocycles. The minimum atomic E-state index is 0.298. The zero-order valence-electron chi connectivity index (χ0n) is 11.7. The lowest BCUT2D eigenvalue weighted by Gasteiger charge is -2.43. The molecule has 1 saturated carbocycles. The molecule has 4 nitrogen and oxygen atoms in total. The van der Waals surface area contributed by atoms with Gasteiger partial charge in [-0.3, -0.25) is 0 Å². The predicted octanol–water partition coefficient (Wildman–Crippen LogP) is 2.44. The van der Waals surface area contributed by atoms with Gasteiger partial charge in [0.15, 0.2) is 0 Å². The highest BCUT2D eigenvalue weighted by Gasteiger charge is 2.36. The smallest absolute Gasteiger partial charge is 0.132 e. The third-order valence-corrected chi connectivity index (χ3v) is 4.89. The monoisotopic (exact) mass is 400 g/mol. The van der Waals surface area contributed by atoms with Crippen LogP contribution in [0.1, 0.15) is 19.8 Å². The standard InChI is InChI=1S/C14H19IN3OSi/c1-14(20)8-11(9-14)16-12-6-10(15)7-13(17-12)18-2-4-19-5-3-18/h6-7,11H,2-5,8-9H2,1H3,(H,16,17). The van der Waals surface area contributed by atoms with E-state index in [1.54, 1.807) is 0 Å². The largest absolute Gasteiger partial charge is 0.378 e. The van der Waals surface area contributed by atoms with E-state index in [1.807, 2.05) is 0 Å². The van der Waals surface area contributed by atoms with Crippen molar-refractivity contribution < 1.29 is 4.74 Å². The molecule has 1 aliphatic carbocycles. The normalized spacial score (nSPS) is 29.9. The van der Waals surface area contributed by atoms with E-state index in [-0.39, 0.29) is 0 Å². The van der Waals surface area contributed by atoms with Gasteiger partial charge in [0.1, 0.15) is 11.6 Å². The minimum absolute atomic E-state index is 0.298. The molecular formula is C14H19IN3OSi. The van der Waals surface area contributed by atoms with Gasteiger partial charge in [-0.25, -0.2) is 4.98 Å². The Morgan fingerprint density at radius 2 is 2.10 bits per heavy atom. The summed E-state index contributed by atoms with van der Waals surface area (Å²) in [5, 5.41) is 3.85. The molecular weight excluding hydrogens is 381 g/mol. The molecule has 3 radical (unpaired) electrons. The number of pyridine rings is 1. The molecule has 6 heteroatoms. The van der Waals surface area contributed by atoms with Gasteiger partial charge in [-0.15, -0.1) is 0 Å². The minimum Gasteiger partial charge on any atom is -0.378 e. The maximum Gasteiger partial charge on any atom is 0.132 e. The number of aromatic nitrogens is 1. The zero-order chi connectivity index (χ0) is 14.2. The summed E-state index contributed by atoms with van der Waals surface area (Å²) in [5.41, 5.74) is 0. The van der Waals surface area contributed by atoms with E-state index in [9.17, 15) is 0 Å². The van der Waals surface area contributed by atoms with E-state index in [0.29, 0.717) is 11.1 Å². The summed E-state index contributed by atoms with van der Waals surface area (Å²) in [6.45, 7) is 5.67. The summed E-state index contributed by atoms with van der Waals surface area (Å²) in [5.74, 6) is 2.05. The van der Waals surface area contributed by atoms with E-state index >= 15 is 0 Å². The van der Waals surface area contributed by atoms with Crippen LogP contribution in [0, 0.1) is 3.57 Å². The fraction of sp³-hybridized carbons (Fsp3) is 0.643. The number of nitrogens with one attached hydrogen (secondary N) is 1. The van der Waals surface area contributed by atoms with E-state index in [1.165, 1.54) is 3.57 Å². The molecule has 0 unspecified atom stereocenters. The van der Waals surface area contributed by atoms with Crippen molar-refractivity contribution in [2.45, 2.75) is 30.8 Å². The molecule has 0 atom stereocenters. The molecule has 3 rings (SSSR count). The first kappa shape index (κ1) is 14.6. The van der Waals surface area contributed by atoms with Gasteiger partial charge < -0.3 is 15.0 Å². The first-order valence-electron chi connectivity index (χ1n) is 7.04. The van der Waals surface area contributed by atoms with Crippen LogP contribution in [-0.2, 0) is 4.74 Å². The van der Waals surface area contributed by atoms with Crippen LogP contribution in [0.15, 0.2) is 12.1 Å². The first-order chi connectivity index (χ1) is 9.52. The molecule has 0 amide bonds. The van der Waals surface area contributed by atoms with Crippen molar-refractivity contribution in [2.75, 3.05) is 36.5 Å². The molecule has 1 aliphatic heterocycles. The lowest BCUT2D eigenvalue weighted by atomic mass is 9.80. The third kappa shape index (κ3) is 3.45. The van der Waals surface area contributed by atoms with Crippen LogP contribution in [0.5, 0.6) is 0 Å². The Balaban J connectivity index is 1.70.